The molecule has 0 fully saturated rings. The molecule has 0 unspecified atom stereocenters. The highest BCUT2D eigenvalue weighted by atomic mass is 79.9. The van der Waals surface area contributed by atoms with Crippen molar-refractivity contribution >= 4 is 27.5 Å². The van der Waals surface area contributed by atoms with Crippen LogP contribution in [0.2, 0.25) is 0 Å². The van der Waals surface area contributed by atoms with E-state index < -0.39 is 0 Å². The molecule has 2 heterocycles. The molecule has 0 saturated heterocycles. The van der Waals surface area contributed by atoms with Crippen LogP contribution in [0.1, 0.15) is 10.5 Å². The fraction of sp³-hybridized carbons (Fsp3) is 0.125. The van der Waals surface area contributed by atoms with E-state index in [1.165, 1.54) is 12.1 Å². The zero-order chi connectivity index (χ0) is 16.6. The van der Waals surface area contributed by atoms with Crippen molar-refractivity contribution in [1.29, 1.82) is 0 Å². The molecule has 1 N–H and O–H groups in total. The molecule has 1 amide bonds. The number of imidazole rings is 1. The van der Waals surface area contributed by atoms with Gasteiger partial charge in [-0.1, -0.05) is 0 Å². The second-order valence-electron chi connectivity index (χ2n) is 4.81. The highest BCUT2D eigenvalue weighted by molar-refractivity contribution is 9.10. The van der Waals surface area contributed by atoms with Crippen molar-refractivity contribution in [2.24, 2.45) is 0 Å². The van der Waals surface area contributed by atoms with E-state index in [1.807, 2.05) is 0 Å². The molecular formula is C16H13BrFN3O2. The van der Waals surface area contributed by atoms with Crippen LogP contribution in [0.15, 0.2) is 41.0 Å². The molecule has 0 radical (unpaired) electrons. The van der Waals surface area contributed by atoms with Crippen LogP contribution in [-0.2, 0) is 0 Å². The van der Waals surface area contributed by atoms with Gasteiger partial charge < -0.3 is 10.1 Å². The Kier molecular flexibility index (Phi) is 4.04. The lowest BCUT2D eigenvalue weighted by Crippen LogP contribution is -2.20. The van der Waals surface area contributed by atoms with Gasteiger partial charge >= 0.3 is 0 Å². The molecule has 7 heteroatoms. The van der Waals surface area contributed by atoms with Crippen molar-refractivity contribution in [2.75, 3.05) is 14.2 Å². The van der Waals surface area contributed by atoms with Crippen LogP contribution < -0.4 is 10.1 Å². The molecule has 23 heavy (non-hydrogen) atoms. The number of benzene rings is 1. The van der Waals surface area contributed by atoms with Crippen LogP contribution in [0, 0.1) is 5.82 Å². The van der Waals surface area contributed by atoms with E-state index in [0.29, 0.717) is 32.8 Å². The minimum Gasteiger partial charge on any atom is -0.495 e. The van der Waals surface area contributed by atoms with E-state index in [-0.39, 0.29) is 11.7 Å². The molecule has 1 aromatic carbocycles. The normalized spacial score (nSPS) is 10.8. The summed E-state index contributed by atoms with van der Waals surface area (Å²) >= 11 is 3.40. The van der Waals surface area contributed by atoms with E-state index in [0.717, 1.165) is 0 Å². The number of pyridine rings is 1. The number of nitrogens with zero attached hydrogens (tertiary/aromatic N) is 2. The standard InChI is InChI=1S/C16H13BrFN3O2/c1-19-16(22)15-14(9-3-5-10(18)6-4-9)20-13-7-12(23-2)11(17)8-21(13)15/h3-8H,1-2H3,(H,19,22). The number of fused-ring (bicyclic) bond motifs is 1. The number of carbonyl (C=O) groups excluding carboxylic acids is 1. The molecule has 3 rings (SSSR count). The first-order chi connectivity index (χ1) is 11.0. The lowest BCUT2D eigenvalue weighted by molar-refractivity contribution is 0.0958. The largest absolute Gasteiger partial charge is 0.495 e. The minimum atomic E-state index is -0.344. The van der Waals surface area contributed by atoms with E-state index >= 15 is 0 Å². The lowest BCUT2D eigenvalue weighted by atomic mass is 10.1. The molecular weight excluding hydrogens is 365 g/mol. The fourth-order valence-corrected chi connectivity index (χ4v) is 2.83. The number of ether oxygens (including phenoxy) is 1. The van der Waals surface area contributed by atoms with Crippen molar-refractivity contribution < 1.29 is 13.9 Å². The SMILES string of the molecule is CNC(=O)c1c(-c2ccc(F)cc2)nc2cc(OC)c(Br)cn12. The number of aromatic nitrogens is 2. The zero-order valence-electron chi connectivity index (χ0n) is 12.4. The van der Waals surface area contributed by atoms with Gasteiger partial charge in [0, 0.05) is 24.9 Å². The number of methoxy groups -OCH3 is 1. The van der Waals surface area contributed by atoms with E-state index in [1.54, 1.807) is 43.0 Å². The Balaban J connectivity index is 2.31. The Bertz CT molecular complexity index is 890. The maximum Gasteiger partial charge on any atom is 0.270 e. The highest BCUT2D eigenvalue weighted by Crippen LogP contribution is 2.30. The number of hydrogen-bond donors (Lipinski definition) is 1. The summed E-state index contributed by atoms with van der Waals surface area (Å²) in [6.45, 7) is 0. The number of hydrogen-bond acceptors (Lipinski definition) is 3. The van der Waals surface area contributed by atoms with Gasteiger partial charge in [0.25, 0.3) is 5.91 Å². The maximum absolute atomic E-state index is 13.2. The van der Waals surface area contributed by atoms with Gasteiger partial charge in [-0.3, -0.25) is 9.20 Å². The average Bonchev–Trinajstić information content (AvgIpc) is 2.92. The molecule has 0 atom stereocenters. The van der Waals surface area contributed by atoms with Gasteiger partial charge in [0.1, 0.15) is 28.6 Å². The Labute approximate surface area is 140 Å². The smallest absolute Gasteiger partial charge is 0.270 e. The molecule has 0 aliphatic rings. The average molecular weight is 378 g/mol. The van der Waals surface area contributed by atoms with Crippen LogP contribution in [0.3, 0.4) is 0 Å². The zero-order valence-corrected chi connectivity index (χ0v) is 14.0. The third kappa shape index (κ3) is 2.68. The second-order valence-corrected chi connectivity index (χ2v) is 5.67. The van der Waals surface area contributed by atoms with Crippen molar-refractivity contribution in [1.82, 2.24) is 14.7 Å². The van der Waals surface area contributed by atoms with E-state index in [9.17, 15) is 9.18 Å². The predicted octanol–water partition coefficient (Wildman–Crippen LogP) is 3.27. The summed E-state index contributed by atoms with van der Waals surface area (Å²) in [5.74, 6) is -0.0195. The van der Waals surface area contributed by atoms with E-state index in [4.69, 9.17) is 4.74 Å². The first-order valence-corrected chi connectivity index (χ1v) is 7.58. The Morgan fingerprint density at radius 3 is 2.65 bits per heavy atom. The predicted molar refractivity (Wildman–Crippen MR) is 88.2 cm³/mol. The minimum absolute atomic E-state index is 0.283. The van der Waals surface area contributed by atoms with Crippen LogP contribution in [-0.4, -0.2) is 29.4 Å². The first-order valence-electron chi connectivity index (χ1n) is 6.78. The molecule has 0 saturated carbocycles. The number of amides is 1. The number of nitrogens with one attached hydrogen (secondary N) is 1. The third-order valence-electron chi connectivity index (χ3n) is 3.46. The third-order valence-corrected chi connectivity index (χ3v) is 4.05. The Morgan fingerprint density at radius 1 is 1.35 bits per heavy atom. The van der Waals surface area contributed by atoms with Crippen molar-refractivity contribution in [3.8, 4) is 17.0 Å². The molecule has 0 aliphatic carbocycles. The molecule has 0 spiro atoms. The highest BCUT2D eigenvalue weighted by Gasteiger charge is 2.21. The number of rotatable bonds is 3. The summed E-state index contributed by atoms with van der Waals surface area (Å²) < 4.78 is 20.8. The molecule has 5 nitrogen and oxygen atoms in total. The van der Waals surface area contributed by atoms with Gasteiger partial charge in [-0.2, -0.15) is 0 Å². The maximum atomic E-state index is 13.2. The van der Waals surface area contributed by atoms with Gasteiger partial charge in [-0.05, 0) is 40.2 Å². The van der Waals surface area contributed by atoms with Gasteiger partial charge in [0.15, 0.2) is 0 Å². The lowest BCUT2D eigenvalue weighted by Gasteiger charge is -2.06. The summed E-state index contributed by atoms with van der Waals surface area (Å²) in [5, 5.41) is 2.61. The summed E-state index contributed by atoms with van der Waals surface area (Å²) in [6, 6.07) is 7.59. The second kappa shape index (κ2) is 6.00. The topological polar surface area (TPSA) is 55.6 Å². The van der Waals surface area contributed by atoms with Crippen LogP contribution in [0.25, 0.3) is 16.9 Å². The van der Waals surface area contributed by atoms with Crippen molar-refractivity contribution in [3.63, 3.8) is 0 Å². The summed E-state index contributed by atoms with van der Waals surface area (Å²) in [4.78, 5) is 16.8. The van der Waals surface area contributed by atoms with Gasteiger partial charge in [-0.25, -0.2) is 9.37 Å². The molecule has 2 aromatic heterocycles. The fourth-order valence-electron chi connectivity index (χ4n) is 2.35. The van der Waals surface area contributed by atoms with Crippen molar-refractivity contribution in [3.05, 3.63) is 52.5 Å². The quantitative estimate of drug-likeness (QED) is 0.761. The van der Waals surface area contributed by atoms with Gasteiger partial charge in [0.2, 0.25) is 0 Å². The van der Waals surface area contributed by atoms with Crippen LogP contribution >= 0.6 is 15.9 Å². The molecule has 0 bridgehead atoms. The number of halogens is 2. The van der Waals surface area contributed by atoms with Crippen LogP contribution in [0.4, 0.5) is 4.39 Å². The van der Waals surface area contributed by atoms with Gasteiger partial charge in [0.05, 0.1) is 11.6 Å². The summed E-state index contributed by atoms with van der Waals surface area (Å²) in [7, 11) is 3.11. The van der Waals surface area contributed by atoms with Gasteiger partial charge in [-0.15, -0.1) is 0 Å². The Hall–Kier alpha value is -2.41. The van der Waals surface area contributed by atoms with Crippen LogP contribution in [0.5, 0.6) is 5.75 Å². The summed E-state index contributed by atoms with van der Waals surface area (Å²) in [6.07, 6.45) is 1.72. The molecule has 0 aliphatic heterocycles. The van der Waals surface area contributed by atoms with E-state index in [2.05, 4.69) is 26.2 Å². The summed E-state index contributed by atoms with van der Waals surface area (Å²) in [5.41, 5.74) is 2.06. The number of carbonyl (C=O) groups is 1. The molecule has 118 valence electrons. The Morgan fingerprint density at radius 2 is 2.04 bits per heavy atom. The first kappa shape index (κ1) is 15.5. The van der Waals surface area contributed by atoms with Crippen molar-refractivity contribution in [2.45, 2.75) is 0 Å². The molecule has 3 aromatic rings. The monoisotopic (exact) mass is 377 g/mol.